The number of aromatic amines is 1. The molecular weight excluding hydrogens is 776 g/mol. The molecule has 1 aromatic heterocycles. The van der Waals surface area contributed by atoms with E-state index in [-0.39, 0.29) is 24.6 Å². The Hall–Kier alpha value is -5.12. The first-order valence-corrected chi connectivity index (χ1v) is 19.7. The van der Waals surface area contributed by atoms with Gasteiger partial charge in [0.2, 0.25) is 6.23 Å². The van der Waals surface area contributed by atoms with Crippen LogP contribution in [-0.4, -0.2) is 98.9 Å². The molecule has 0 bridgehead atoms. The fourth-order valence-electron chi connectivity index (χ4n) is 6.61. The number of aliphatic hydroxyl groups is 1. The van der Waals surface area contributed by atoms with Crippen LogP contribution in [0.4, 0.5) is 25.8 Å². The third-order valence-electron chi connectivity index (χ3n) is 9.81. The quantitative estimate of drug-likeness (QED) is 0.0764. The second-order valence-electron chi connectivity index (χ2n) is 14.3. The maximum atomic E-state index is 13.7. The van der Waals surface area contributed by atoms with E-state index in [9.17, 15) is 23.5 Å². The van der Waals surface area contributed by atoms with E-state index in [4.69, 9.17) is 33.7 Å². The monoisotopic (exact) mass is 825 g/mol. The molecular formula is C40H49F2N7O10. The number of nitrogens with one attached hydrogen (secondary N) is 4. The lowest BCUT2D eigenvalue weighted by atomic mass is 10.1. The maximum Gasteiger partial charge on any atom is 0.289 e. The van der Waals surface area contributed by atoms with Crippen LogP contribution in [0.5, 0.6) is 11.5 Å². The van der Waals surface area contributed by atoms with E-state index in [1.807, 2.05) is 18.2 Å². The van der Waals surface area contributed by atoms with Gasteiger partial charge in [-0.25, -0.2) is 13.6 Å². The van der Waals surface area contributed by atoms with E-state index in [1.54, 1.807) is 24.3 Å². The summed E-state index contributed by atoms with van der Waals surface area (Å²) in [6.07, 6.45) is 4.35. The number of anilines is 3. The van der Waals surface area contributed by atoms with E-state index in [0.717, 1.165) is 72.3 Å². The molecule has 2 fully saturated rings. The molecule has 3 aromatic carbocycles. The third kappa shape index (κ3) is 10.9. The topological polar surface area (TPSA) is 181 Å². The van der Waals surface area contributed by atoms with Gasteiger partial charge in [0, 0.05) is 93.8 Å². The second kappa shape index (κ2) is 19.8. The smallest absolute Gasteiger partial charge is 0.289 e. The number of carbonyl (C=O) groups is 2. The average molecular weight is 826 g/mol. The Labute approximate surface area is 339 Å². The predicted molar refractivity (Wildman–Crippen MR) is 210 cm³/mol. The summed E-state index contributed by atoms with van der Waals surface area (Å²) in [6.45, 7) is 4.45. The number of fused-ring (bicyclic) bond motifs is 2. The highest BCUT2D eigenvalue weighted by Crippen LogP contribution is 2.38. The third-order valence-corrected chi connectivity index (χ3v) is 9.81. The fourth-order valence-corrected chi connectivity index (χ4v) is 6.61. The zero-order valence-corrected chi connectivity index (χ0v) is 32.7. The Morgan fingerprint density at radius 1 is 0.915 bits per heavy atom. The van der Waals surface area contributed by atoms with Crippen molar-refractivity contribution in [1.29, 1.82) is 0 Å². The van der Waals surface area contributed by atoms with Crippen LogP contribution in [0.25, 0.3) is 10.9 Å². The highest BCUT2D eigenvalue weighted by Gasteiger charge is 2.47. The summed E-state index contributed by atoms with van der Waals surface area (Å²) < 4.78 is 38.9. The van der Waals surface area contributed by atoms with Gasteiger partial charge in [-0.05, 0) is 80.6 Å². The molecule has 4 heterocycles. The molecule has 7 rings (SSSR count). The van der Waals surface area contributed by atoms with Gasteiger partial charge in [-0.1, -0.05) is 5.64 Å². The summed E-state index contributed by atoms with van der Waals surface area (Å²) in [5.74, 6) is -3.82. The van der Waals surface area contributed by atoms with Crippen LogP contribution in [0.1, 0.15) is 55.4 Å². The molecule has 0 spiro atoms. The number of rotatable bonds is 20. The van der Waals surface area contributed by atoms with Gasteiger partial charge in [-0.3, -0.25) is 24.3 Å². The van der Waals surface area contributed by atoms with E-state index < -0.39 is 29.6 Å². The first kappa shape index (κ1) is 42.0. The molecule has 17 nitrogen and oxygen atoms in total. The van der Waals surface area contributed by atoms with Crippen molar-refractivity contribution in [2.45, 2.75) is 57.0 Å². The van der Waals surface area contributed by atoms with Crippen LogP contribution in [0.15, 0.2) is 60.7 Å². The predicted octanol–water partition coefficient (Wildman–Crippen LogP) is 4.85. The van der Waals surface area contributed by atoms with E-state index in [0.29, 0.717) is 74.9 Å². The van der Waals surface area contributed by atoms with Crippen molar-refractivity contribution in [3.63, 3.8) is 0 Å². The molecule has 59 heavy (non-hydrogen) atoms. The molecule has 318 valence electrons. The van der Waals surface area contributed by atoms with Gasteiger partial charge in [0.05, 0.1) is 24.1 Å². The maximum absolute atomic E-state index is 13.7. The molecule has 5 N–H and O–H groups in total. The minimum absolute atomic E-state index is 0.0597. The minimum Gasteiger partial charge on any atom is -0.385 e. The molecule has 19 heteroatoms. The molecule has 0 radical (unpaired) electrons. The van der Waals surface area contributed by atoms with Crippen LogP contribution in [0.3, 0.4) is 0 Å². The normalized spacial score (nSPS) is 19.1. The number of aromatic nitrogens is 1. The van der Waals surface area contributed by atoms with Gasteiger partial charge < -0.3 is 44.8 Å². The van der Waals surface area contributed by atoms with Gasteiger partial charge in [0.25, 0.3) is 17.6 Å². The van der Waals surface area contributed by atoms with Crippen LogP contribution in [0.2, 0.25) is 0 Å². The van der Waals surface area contributed by atoms with Crippen LogP contribution in [-0.2, 0) is 28.8 Å². The number of amides is 2. The number of halogens is 2. The van der Waals surface area contributed by atoms with Crippen molar-refractivity contribution in [1.82, 2.24) is 21.2 Å². The van der Waals surface area contributed by atoms with Crippen molar-refractivity contribution in [3.05, 3.63) is 78.0 Å². The Kier molecular flexibility index (Phi) is 14.1. The van der Waals surface area contributed by atoms with Gasteiger partial charge in [-0.15, -0.1) is 0 Å². The number of ether oxygens (including phenoxy) is 2. The van der Waals surface area contributed by atoms with Gasteiger partial charge in [-0.2, -0.15) is 0 Å². The zero-order valence-electron chi connectivity index (χ0n) is 32.7. The molecule has 2 unspecified atom stereocenters. The lowest BCUT2D eigenvalue weighted by Gasteiger charge is -2.28. The zero-order chi connectivity index (χ0) is 41.2. The highest BCUT2D eigenvalue weighted by molar-refractivity contribution is 5.99. The van der Waals surface area contributed by atoms with Crippen molar-refractivity contribution >= 4 is 39.8 Å². The molecule has 0 saturated carbocycles. The van der Waals surface area contributed by atoms with E-state index in [2.05, 4.69) is 21.3 Å². The van der Waals surface area contributed by atoms with Crippen molar-refractivity contribution < 1.29 is 57.1 Å². The van der Waals surface area contributed by atoms with Crippen LogP contribution < -0.4 is 35.9 Å². The molecule has 4 aromatic rings. The first-order valence-electron chi connectivity index (χ1n) is 19.7. The number of hydrogen-bond donors (Lipinski definition) is 5. The number of H-pyrrole nitrogens is 1. The minimum atomic E-state index is -2.24. The summed E-state index contributed by atoms with van der Waals surface area (Å²) in [4.78, 5) is 57.3. The Balaban J connectivity index is 0.711. The van der Waals surface area contributed by atoms with Crippen LogP contribution >= 0.6 is 0 Å². The number of likely N-dealkylation sites (N-methyl/N-ethyl adjacent to an activating group) is 1. The average Bonchev–Trinajstić information content (AvgIpc) is 3.98. The molecule has 0 aliphatic carbocycles. The van der Waals surface area contributed by atoms with E-state index in [1.165, 1.54) is 17.3 Å². The number of unbranched alkanes of at least 4 members (excludes halogenated alkanes) is 2. The Morgan fingerprint density at radius 3 is 2.42 bits per heavy atom. The van der Waals surface area contributed by atoms with Gasteiger partial charge in [0.1, 0.15) is 17.3 Å². The standard InChI is InChI=1S/C40H49F2N7O10/c1-47(32-24-28(41)23-29(42)25-32)39(51)40(52)12-15-48(59-40)31-8-9-33-27(21-31)22-34(45-33)38(50)44-14-3-5-17-54-19-6-18-53-16-4-2-13-43-30-7-10-35-36(26-30)58-49(57-35)37-11-20-55-46-56-37/h7-10,21-26,37,43,45-46,52H,2-6,11-20H2,1H3,(H,44,50). The molecule has 2 saturated heterocycles. The Bertz CT molecular complexity index is 2030. The lowest BCUT2D eigenvalue weighted by molar-refractivity contribution is -0.376. The fraction of sp³-hybridized carbons (Fsp3) is 0.450. The molecule has 3 aliphatic rings. The summed E-state index contributed by atoms with van der Waals surface area (Å²) in [5.41, 5.74) is 4.92. The van der Waals surface area contributed by atoms with Crippen molar-refractivity contribution in [2.24, 2.45) is 0 Å². The molecule has 3 aliphatic heterocycles. The Morgan fingerprint density at radius 2 is 1.66 bits per heavy atom. The van der Waals surface area contributed by atoms with Crippen LogP contribution in [0, 0.1) is 11.6 Å². The lowest BCUT2D eigenvalue weighted by Crippen LogP contribution is -2.48. The largest absolute Gasteiger partial charge is 0.385 e. The summed E-state index contributed by atoms with van der Waals surface area (Å²) in [6, 6.07) is 15.4. The number of nitrogens with zero attached hydrogens (tertiary/aromatic N) is 3. The summed E-state index contributed by atoms with van der Waals surface area (Å²) in [7, 11) is 1.30. The SMILES string of the molecule is CN(C(=O)C1(O)CCN(c2ccc3[nH]c(C(=O)NCCCCOCCCOCCCCNc4ccc5c(c4)ON(C4CCONO4)O5)cc3c2)O1)c1cc(F)cc(F)c1. The number of benzene rings is 3. The van der Waals surface area contributed by atoms with Crippen molar-refractivity contribution in [3.8, 4) is 11.5 Å². The summed E-state index contributed by atoms with van der Waals surface area (Å²) >= 11 is 0. The van der Waals surface area contributed by atoms with Crippen molar-refractivity contribution in [2.75, 3.05) is 75.0 Å². The first-order chi connectivity index (χ1) is 28.6. The second-order valence-corrected chi connectivity index (χ2v) is 14.3. The number of hydroxylamine groups is 3. The molecule has 2 amide bonds. The number of hydrogen-bond acceptors (Lipinski definition) is 14. The van der Waals surface area contributed by atoms with Gasteiger partial charge >= 0.3 is 0 Å². The highest BCUT2D eigenvalue weighted by atomic mass is 19.1. The van der Waals surface area contributed by atoms with Gasteiger partial charge in [0.15, 0.2) is 11.5 Å². The molecule has 2 atom stereocenters. The number of carbonyl (C=O) groups excluding carboxylic acids is 2. The van der Waals surface area contributed by atoms with E-state index >= 15 is 0 Å². The summed E-state index contributed by atoms with van der Waals surface area (Å²) in [5, 5.41) is 20.8.